The van der Waals surface area contributed by atoms with E-state index in [4.69, 9.17) is 5.73 Å². The molecule has 66 valence electrons. The summed E-state index contributed by atoms with van der Waals surface area (Å²) in [6.45, 7) is 1.99. The van der Waals surface area contributed by atoms with E-state index in [-0.39, 0.29) is 5.91 Å². The van der Waals surface area contributed by atoms with Crippen LogP contribution in [0.2, 0.25) is 0 Å². The third kappa shape index (κ3) is 1.81. The topological polar surface area (TPSA) is 73.8 Å². The summed E-state index contributed by atoms with van der Waals surface area (Å²) < 4.78 is 0. The van der Waals surface area contributed by atoms with Crippen molar-refractivity contribution >= 4 is 5.91 Å². The van der Waals surface area contributed by atoms with Crippen LogP contribution in [-0.4, -0.2) is 20.9 Å². The SMILES string of the molecule is CCCC(C(N)=O)n1nccn1. The van der Waals surface area contributed by atoms with E-state index < -0.39 is 6.04 Å². The summed E-state index contributed by atoms with van der Waals surface area (Å²) in [5.41, 5.74) is 5.17. The molecule has 0 aliphatic rings. The lowest BCUT2D eigenvalue weighted by atomic mass is 10.2. The van der Waals surface area contributed by atoms with Gasteiger partial charge in [0, 0.05) is 0 Å². The van der Waals surface area contributed by atoms with Crippen molar-refractivity contribution in [3.8, 4) is 0 Å². The number of aromatic nitrogens is 3. The van der Waals surface area contributed by atoms with E-state index in [0.29, 0.717) is 6.42 Å². The molecule has 1 aromatic rings. The van der Waals surface area contributed by atoms with Gasteiger partial charge in [-0.3, -0.25) is 4.79 Å². The fourth-order valence-corrected chi connectivity index (χ4v) is 1.03. The number of amides is 1. The highest BCUT2D eigenvalue weighted by Crippen LogP contribution is 2.09. The van der Waals surface area contributed by atoms with E-state index in [1.165, 1.54) is 17.2 Å². The molecular formula is C7H12N4O. The molecule has 0 saturated heterocycles. The van der Waals surface area contributed by atoms with Crippen molar-refractivity contribution in [3.63, 3.8) is 0 Å². The zero-order valence-electron chi connectivity index (χ0n) is 6.97. The predicted molar refractivity (Wildman–Crippen MR) is 43.2 cm³/mol. The van der Waals surface area contributed by atoms with Crippen molar-refractivity contribution in [2.75, 3.05) is 0 Å². The average molecular weight is 168 g/mol. The third-order valence-electron chi connectivity index (χ3n) is 1.61. The van der Waals surface area contributed by atoms with Gasteiger partial charge in [-0.25, -0.2) is 0 Å². The van der Waals surface area contributed by atoms with Crippen LogP contribution in [0.15, 0.2) is 12.4 Å². The second-order valence-corrected chi connectivity index (χ2v) is 2.56. The second-order valence-electron chi connectivity index (χ2n) is 2.56. The maximum Gasteiger partial charge on any atom is 0.244 e. The molecule has 1 atom stereocenters. The molecule has 1 heterocycles. The molecule has 0 radical (unpaired) electrons. The number of hydrogen-bond acceptors (Lipinski definition) is 3. The fourth-order valence-electron chi connectivity index (χ4n) is 1.03. The minimum absolute atomic E-state index is 0.381. The smallest absolute Gasteiger partial charge is 0.244 e. The van der Waals surface area contributed by atoms with E-state index in [9.17, 15) is 4.79 Å². The number of carbonyl (C=O) groups excluding carboxylic acids is 1. The number of nitrogens with two attached hydrogens (primary N) is 1. The first-order chi connectivity index (χ1) is 5.75. The number of rotatable bonds is 4. The monoisotopic (exact) mass is 168 g/mol. The van der Waals surface area contributed by atoms with Crippen LogP contribution >= 0.6 is 0 Å². The van der Waals surface area contributed by atoms with Gasteiger partial charge in [0.15, 0.2) is 0 Å². The Morgan fingerprint density at radius 2 is 2.17 bits per heavy atom. The Kier molecular flexibility index (Phi) is 2.79. The molecule has 1 rings (SSSR count). The summed E-state index contributed by atoms with van der Waals surface area (Å²) in [4.78, 5) is 12.3. The van der Waals surface area contributed by atoms with E-state index in [1.54, 1.807) is 0 Å². The molecule has 1 amide bonds. The van der Waals surface area contributed by atoms with Gasteiger partial charge in [-0.15, -0.1) is 0 Å². The molecule has 0 aliphatic carbocycles. The highest BCUT2D eigenvalue weighted by molar-refractivity contribution is 5.77. The lowest BCUT2D eigenvalue weighted by Gasteiger charge is -2.09. The Morgan fingerprint density at radius 1 is 1.58 bits per heavy atom. The molecule has 0 aliphatic heterocycles. The van der Waals surface area contributed by atoms with Gasteiger partial charge in [0.05, 0.1) is 12.4 Å². The van der Waals surface area contributed by atoms with Gasteiger partial charge < -0.3 is 5.73 Å². The van der Waals surface area contributed by atoms with Gasteiger partial charge in [0.1, 0.15) is 6.04 Å². The minimum atomic E-state index is -0.398. The van der Waals surface area contributed by atoms with Crippen molar-refractivity contribution < 1.29 is 4.79 Å². The summed E-state index contributed by atoms with van der Waals surface area (Å²) in [5.74, 6) is -0.381. The Balaban J connectivity index is 2.73. The third-order valence-corrected chi connectivity index (χ3v) is 1.61. The van der Waals surface area contributed by atoms with E-state index in [2.05, 4.69) is 10.2 Å². The average Bonchev–Trinajstić information content (AvgIpc) is 2.51. The van der Waals surface area contributed by atoms with Crippen molar-refractivity contribution in [3.05, 3.63) is 12.4 Å². The number of nitrogens with zero attached hydrogens (tertiary/aromatic N) is 3. The number of carbonyl (C=O) groups is 1. The molecule has 12 heavy (non-hydrogen) atoms. The molecule has 2 N–H and O–H groups in total. The van der Waals surface area contributed by atoms with Crippen LogP contribution < -0.4 is 5.73 Å². The summed E-state index contributed by atoms with van der Waals surface area (Å²) in [5, 5.41) is 7.72. The van der Waals surface area contributed by atoms with E-state index >= 15 is 0 Å². The lowest BCUT2D eigenvalue weighted by molar-refractivity contribution is -0.121. The zero-order valence-corrected chi connectivity index (χ0v) is 6.97. The Hall–Kier alpha value is -1.39. The quantitative estimate of drug-likeness (QED) is 0.693. The van der Waals surface area contributed by atoms with Crippen molar-refractivity contribution in [1.82, 2.24) is 15.0 Å². The molecule has 1 unspecified atom stereocenters. The minimum Gasteiger partial charge on any atom is -0.368 e. The summed E-state index contributed by atoms with van der Waals surface area (Å²) in [7, 11) is 0. The standard InChI is InChI=1S/C7H12N4O/c1-2-3-6(7(8)12)11-9-4-5-10-11/h4-6H,2-3H2,1H3,(H2,8,12). The highest BCUT2D eigenvalue weighted by atomic mass is 16.1. The van der Waals surface area contributed by atoms with Gasteiger partial charge in [0.2, 0.25) is 5.91 Å². The molecule has 0 saturated carbocycles. The largest absolute Gasteiger partial charge is 0.368 e. The van der Waals surface area contributed by atoms with Gasteiger partial charge in [0.25, 0.3) is 0 Å². The number of hydrogen-bond donors (Lipinski definition) is 1. The van der Waals surface area contributed by atoms with Crippen LogP contribution in [0.3, 0.4) is 0 Å². The lowest BCUT2D eigenvalue weighted by Crippen LogP contribution is -2.27. The van der Waals surface area contributed by atoms with Gasteiger partial charge in [-0.2, -0.15) is 15.0 Å². The number of primary amides is 1. The molecule has 0 fully saturated rings. The molecule has 5 heteroatoms. The van der Waals surface area contributed by atoms with E-state index in [1.807, 2.05) is 6.92 Å². The van der Waals surface area contributed by atoms with Crippen LogP contribution in [0.25, 0.3) is 0 Å². The molecule has 0 aromatic carbocycles. The highest BCUT2D eigenvalue weighted by Gasteiger charge is 2.16. The summed E-state index contributed by atoms with van der Waals surface area (Å²) in [6, 6.07) is -0.398. The Bertz CT molecular complexity index is 244. The Labute approximate surface area is 70.6 Å². The van der Waals surface area contributed by atoms with Gasteiger partial charge >= 0.3 is 0 Å². The maximum atomic E-state index is 10.9. The van der Waals surface area contributed by atoms with Crippen LogP contribution in [-0.2, 0) is 4.79 Å². The van der Waals surface area contributed by atoms with Crippen molar-refractivity contribution in [2.45, 2.75) is 25.8 Å². The van der Waals surface area contributed by atoms with Crippen LogP contribution in [0.1, 0.15) is 25.8 Å². The zero-order chi connectivity index (χ0) is 8.97. The van der Waals surface area contributed by atoms with Crippen LogP contribution in [0.4, 0.5) is 0 Å². The fraction of sp³-hybridized carbons (Fsp3) is 0.571. The second kappa shape index (κ2) is 3.85. The summed E-state index contributed by atoms with van der Waals surface area (Å²) >= 11 is 0. The normalized spacial score (nSPS) is 12.8. The van der Waals surface area contributed by atoms with Crippen LogP contribution in [0.5, 0.6) is 0 Å². The molecule has 0 spiro atoms. The maximum absolute atomic E-state index is 10.9. The first kappa shape index (κ1) is 8.70. The molecule has 5 nitrogen and oxygen atoms in total. The van der Waals surface area contributed by atoms with Crippen molar-refractivity contribution in [2.24, 2.45) is 5.73 Å². The predicted octanol–water partition coefficient (Wildman–Crippen LogP) is 0.105. The van der Waals surface area contributed by atoms with E-state index in [0.717, 1.165) is 6.42 Å². The molecular weight excluding hydrogens is 156 g/mol. The molecule has 0 bridgehead atoms. The van der Waals surface area contributed by atoms with Gasteiger partial charge in [-0.1, -0.05) is 13.3 Å². The van der Waals surface area contributed by atoms with Crippen molar-refractivity contribution in [1.29, 1.82) is 0 Å². The molecule has 1 aromatic heterocycles. The van der Waals surface area contributed by atoms with Crippen LogP contribution in [0, 0.1) is 0 Å². The first-order valence-corrected chi connectivity index (χ1v) is 3.90. The van der Waals surface area contributed by atoms with Gasteiger partial charge in [-0.05, 0) is 6.42 Å². The Morgan fingerprint density at radius 3 is 2.58 bits per heavy atom. The first-order valence-electron chi connectivity index (χ1n) is 3.90. The summed E-state index contributed by atoms with van der Waals surface area (Å²) in [6.07, 6.45) is 4.64.